The smallest absolute Gasteiger partial charge is 0.0786 e. The van der Waals surface area contributed by atoms with E-state index in [1.54, 1.807) is 0 Å². The minimum atomic E-state index is 0. The summed E-state index contributed by atoms with van der Waals surface area (Å²) < 4.78 is 1.44. The van der Waals surface area contributed by atoms with Crippen molar-refractivity contribution >= 4 is 0 Å². The summed E-state index contributed by atoms with van der Waals surface area (Å²) in [6.45, 7) is 15.1. The number of hydrogen-bond donors (Lipinski definition) is 0. The summed E-state index contributed by atoms with van der Waals surface area (Å²) in [7, 11) is 0. The number of quaternary nitrogens is 1. The third-order valence-electron chi connectivity index (χ3n) is 5.44. The van der Waals surface area contributed by atoms with Crippen LogP contribution in [0.3, 0.4) is 0 Å². The molecule has 0 aliphatic rings. The predicted molar refractivity (Wildman–Crippen MR) is 109 cm³/mol. The van der Waals surface area contributed by atoms with Crippen molar-refractivity contribution < 1.29 is 9.96 Å². The van der Waals surface area contributed by atoms with Crippen LogP contribution in [0.15, 0.2) is 0 Å². The Labute approximate surface area is 154 Å². The molecular weight excluding hydrogens is 294 g/mol. The van der Waals surface area contributed by atoms with Crippen molar-refractivity contribution in [1.82, 2.24) is 0 Å². The summed E-state index contributed by atoms with van der Waals surface area (Å²) in [5.74, 6) is 0. The first-order valence-electron chi connectivity index (χ1n) is 11.1. The molecule has 0 aromatic heterocycles. The first-order chi connectivity index (χ1) is 11.2. The molecule has 0 aromatic carbocycles. The summed E-state index contributed by atoms with van der Waals surface area (Å²) in [5, 5.41) is 0. The van der Waals surface area contributed by atoms with Crippen LogP contribution in [0.5, 0.6) is 0 Å². The van der Waals surface area contributed by atoms with Gasteiger partial charge in [-0.2, -0.15) is 0 Å². The van der Waals surface area contributed by atoms with E-state index in [0.717, 1.165) is 0 Å². The maximum atomic E-state index is 2.35. The first kappa shape index (κ1) is 26.2. The highest BCUT2D eigenvalue weighted by molar-refractivity contribution is 4.51. The quantitative estimate of drug-likeness (QED) is 0.192. The fraction of sp³-hybridized carbons (Fsp3) is 1.00. The van der Waals surface area contributed by atoms with Crippen molar-refractivity contribution in [2.75, 3.05) is 26.2 Å². The highest BCUT2D eigenvalue weighted by Gasteiger charge is 2.24. The molecule has 0 saturated heterocycles. The van der Waals surface area contributed by atoms with E-state index in [1.807, 2.05) is 0 Å². The zero-order valence-electron chi connectivity index (χ0n) is 17.6. The molecule has 148 valence electrons. The van der Waals surface area contributed by atoms with Gasteiger partial charge in [0.1, 0.15) is 0 Å². The van der Waals surface area contributed by atoms with Crippen LogP contribution >= 0.6 is 0 Å². The van der Waals surface area contributed by atoms with Gasteiger partial charge >= 0.3 is 0 Å². The Morgan fingerprint density at radius 1 is 0.375 bits per heavy atom. The number of nitrogens with zero attached hydrogens (tertiary/aromatic N) is 1. The van der Waals surface area contributed by atoms with Gasteiger partial charge in [-0.15, -0.1) is 0 Å². The van der Waals surface area contributed by atoms with Gasteiger partial charge in [-0.05, 0) is 32.1 Å². The van der Waals surface area contributed by atoms with Gasteiger partial charge < -0.3 is 9.96 Å². The van der Waals surface area contributed by atoms with Gasteiger partial charge in [0.2, 0.25) is 0 Å². The fourth-order valence-corrected chi connectivity index (χ4v) is 3.73. The summed E-state index contributed by atoms with van der Waals surface area (Å²) in [5.41, 5.74) is 0. The van der Waals surface area contributed by atoms with Crippen molar-refractivity contribution in [1.29, 1.82) is 0 Å². The van der Waals surface area contributed by atoms with Crippen molar-refractivity contribution in [2.24, 2.45) is 0 Å². The Balaban J connectivity index is 0. The molecule has 24 heavy (non-hydrogen) atoms. The normalized spacial score (nSPS) is 11.5. The molecule has 0 saturated carbocycles. The highest BCUT2D eigenvalue weighted by atomic mass is 16.0. The standard InChI is InChI=1S/C22H48N.H2O/c1-5-9-13-14-15-16-17-18-22-23(19-10-6-2,20-11-7-3)21-12-8-4;/h5-22H2,1-4H3;1H2/q+1;/p-1. The van der Waals surface area contributed by atoms with Gasteiger partial charge in [0.25, 0.3) is 0 Å². The van der Waals surface area contributed by atoms with E-state index < -0.39 is 0 Å². The molecule has 0 aromatic rings. The Bertz CT molecular complexity index is 208. The molecule has 0 rings (SSSR count). The van der Waals surface area contributed by atoms with Crippen molar-refractivity contribution in [3.05, 3.63) is 0 Å². The van der Waals surface area contributed by atoms with E-state index >= 15 is 0 Å². The molecule has 0 fully saturated rings. The Hall–Kier alpha value is -0.0800. The lowest BCUT2D eigenvalue weighted by Crippen LogP contribution is -2.50. The molecule has 0 bridgehead atoms. The van der Waals surface area contributed by atoms with Gasteiger partial charge in [0, 0.05) is 0 Å². The second kappa shape index (κ2) is 19.2. The second-order valence-corrected chi connectivity index (χ2v) is 7.77. The van der Waals surface area contributed by atoms with Gasteiger partial charge in [-0.3, -0.25) is 0 Å². The van der Waals surface area contributed by atoms with E-state index in [9.17, 15) is 0 Å². The van der Waals surface area contributed by atoms with Crippen LogP contribution in [0, 0.1) is 0 Å². The maximum Gasteiger partial charge on any atom is 0.0786 e. The molecule has 0 amide bonds. The topological polar surface area (TPSA) is 30.0 Å². The molecule has 1 N–H and O–H groups in total. The van der Waals surface area contributed by atoms with Gasteiger partial charge in [0.05, 0.1) is 26.2 Å². The molecule has 0 radical (unpaired) electrons. The number of hydrogen-bond acceptors (Lipinski definition) is 1. The summed E-state index contributed by atoms with van der Waals surface area (Å²) >= 11 is 0. The van der Waals surface area contributed by atoms with E-state index in [0.29, 0.717) is 0 Å². The molecule has 0 aliphatic carbocycles. The lowest BCUT2D eigenvalue weighted by molar-refractivity contribution is -0.929. The second-order valence-electron chi connectivity index (χ2n) is 7.77. The largest absolute Gasteiger partial charge is 0.870 e. The molecular formula is C22H49NO. The SMILES string of the molecule is CCCCCCCCCC[N+](CCCC)(CCCC)CCCC.[OH-]. The zero-order chi connectivity index (χ0) is 17.2. The van der Waals surface area contributed by atoms with E-state index in [4.69, 9.17) is 0 Å². The molecule has 0 aliphatic heterocycles. The average molecular weight is 344 g/mol. The van der Waals surface area contributed by atoms with E-state index in [2.05, 4.69) is 27.7 Å². The number of unbranched alkanes of at least 4 members (excludes halogenated alkanes) is 10. The van der Waals surface area contributed by atoms with Crippen LogP contribution in [0.1, 0.15) is 118 Å². The molecule has 0 unspecified atom stereocenters. The molecule has 2 nitrogen and oxygen atoms in total. The Kier molecular flexibility index (Phi) is 21.0. The lowest BCUT2D eigenvalue weighted by atomic mass is 10.1. The maximum absolute atomic E-state index is 2.35. The number of rotatable bonds is 18. The Morgan fingerprint density at radius 3 is 1.04 bits per heavy atom. The third-order valence-corrected chi connectivity index (χ3v) is 5.44. The van der Waals surface area contributed by atoms with Crippen LogP contribution in [0.2, 0.25) is 0 Å². The van der Waals surface area contributed by atoms with Crippen LogP contribution in [0.25, 0.3) is 0 Å². The van der Waals surface area contributed by atoms with Crippen LogP contribution in [-0.2, 0) is 0 Å². The zero-order valence-corrected chi connectivity index (χ0v) is 17.6. The minimum Gasteiger partial charge on any atom is -0.870 e. The summed E-state index contributed by atoms with van der Waals surface area (Å²) in [6.07, 6.45) is 19.9. The monoisotopic (exact) mass is 343 g/mol. The fourth-order valence-electron chi connectivity index (χ4n) is 3.73. The van der Waals surface area contributed by atoms with Gasteiger partial charge in [-0.25, -0.2) is 0 Å². The minimum absolute atomic E-state index is 0. The van der Waals surface area contributed by atoms with E-state index in [-0.39, 0.29) is 5.48 Å². The Morgan fingerprint density at radius 2 is 0.667 bits per heavy atom. The molecule has 0 spiro atoms. The van der Waals surface area contributed by atoms with Crippen molar-refractivity contribution in [2.45, 2.75) is 118 Å². The van der Waals surface area contributed by atoms with Crippen LogP contribution < -0.4 is 0 Å². The first-order valence-corrected chi connectivity index (χ1v) is 11.1. The van der Waals surface area contributed by atoms with Crippen molar-refractivity contribution in [3.63, 3.8) is 0 Å². The highest BCUT2D eigenvalue weighted by Crippen LogP contribution is 2.18. The molecule has 0 atom stereocenters. The molecule has 0 heterocycles. The lowest BCUT2D eigenvalue weighted by Gasteiger charge is -2.39. The van der Waals surface area contributed by atoms with Gasteiger partial charge in [0.15, 0.2) is 0 Å². The van der Waals surface area contributed by atoms with E-state index in [1.165, 1.54) is 121 Å². The van der Waals surface area contributed by atoms with Gasteiger partial charge in [-0.1, -0.05) is 85.5 Å². The predicted octanol–water partition coefficient (Wildman–Crippen LogP) is 7.17. The average Bonchev–Trinajstić information content (AvgIpc) is 2.58. The summed E-state index contributed by atoms with van der Waals surface area (Å²) in [4.78, 5) is 0. The summed E-state index contributed by atoms with van der Waals surface area (Å²) in [6, 6.07) is 0. The van der Waals surface area contributed by atoms with Crippen LogP contribution in [-0.4, -0.2) is 36.1 Å². The molecule has 2 heteroatoms. The van der Waals surface area contributed by atoms with Crippen LogP contribution in [0.4, 0.5) is 0 Å². The third kappa shape index (κ3) is 14.3. The van der Waals surface area contributed by atoms with Crippen molar-refractivity contribution in [3.8, 4) is 0 Å².